The molecule has 132 valence electrons. The van der Waals surface area contributed by atoms with Gasteiger partial charge in [0.25, 0.3) is 5.91 Å². The minimum absolute atomic E-state index is 0.0482. The number of aryl methyl sites for hydroxylation is 2. The molecule has 3 heterocycles. The average molecular weight is 340 g/mol. The van der Waals surface area contributed by atoms with Crippen molar-refractivity contribution in [3.63, 3.8) is 0 Å². The number of amides is 1. The number of rotatable bonds is 3. The number of morpholine rings is 1. The van der Waals surface area contributed by atoms with Gasteiger partial charge in [-0.15, -0.1) is 0 Å². The number of nitrogens with zero attached hydrogens (tertiary/aromatic N) is 2. The number of benzene rings is 1. The highest BCUT2D eigenvalue weighted by Gasteiger charge is 2.42. The highest BCUT2D eigenvalue weighted by Crippen LogP contribution is 2.27. The maximum absolute atomic E-state index is 12.9. The Morgan fingerprint density at radius 3 is 2.72 bits per heavy atom. The predicted octanol–water partition coefficient (Wildman–Crippen LogP) is 2.62. The fraction of sp³-hybridized carbons (Fsp3) is 0.450. The topological polar surface area (TPSA) is 45.9 Å². The van der Waals surface area contributed by atoms with Crippen LogP contribution in [-0.2, 0) is 11.3 Å². The summed E-state index contributed by atoms with van der Waals surface area (Å²) in [5.41, 5.74) is 1.97. The Hall–Kier alpha value is -2.11. The lowest BCUT2D eigenvalue weighted by atomic mass is 10.1. The molecule has 0 spiro atoms. The van der Waals surface area contributed by atoms with Crippen molar-refractivity contribution < 1.29 is 13.9 Å². The third-order valence-electron chi connectivity index (χ3n) is 5.20. The largest absolute Gasteiger partial charge is 0.466 e. The Balaban J connectivity index is 1.49. The number of fused-ring (bicyclic) bond motifs is 1. The number of ether oxygens (including phenoxy) is 1. The number of hydrogen-bond donors (Lipinski definition) is 0. The summed E-state index contributed by atoms with van der Waals surface area (Å²) in [6.07, 6.45) is 0.0923. The smallest absolute Gasteiger partial charge is 0.257 e. The van der Waals surface area contributed by atoms with E-state index in [1.807, 2.05) is 30.9 Å². The molecule has 1 aromatic carbocycles. The van der Waals surface area contributed by atoms with E-state index in [0.29, 0.717) is 24.4 Å². The molecule has 0 N–H and O–H groups in total. The molecule has 0 saturated carbocycles. The standard InChI is InChI=1S/C20H24N2O3/c1-14-10-17(15(2)25-14)20(23)22-12-18-19(13-22)24-9-8-21(18)11-16-6-4-3-5-7-16/h3-7,10,18-19H,8-9,11-13H2,1-2H3/t18-,19+/m0/s1. The van der Waals surface area contributed by atoms with Crippen LogP contribution in [0.5, 0.6) is 0 Å². The van der Waals surface area contributed by atoms with E-state index in [-0.39, 0.29) is 18.1 Å². The molecule has 2 atom stereocenters. The van der Waals surface area contributed by atoms with E-state index in [1.165, 1.54) is 5.56 Å². The first-order valence-electron chi connectivity index (χ1n) is 8.87. The summed E-state index contributed by atoms with van der Waals surface area (Å²) in [4.78, 5) is 17.2. The van der Waals surface area contributed by atoms with Crippen LogP contribution in [0.15, 0.2) is 40.8 Å². The third kappa shape index (κ3) is 3.22. The number of hydrogen-bond acceptors (Lipinski definition) is 4. The van der Waals surface area contributed by atoms with E-state index < -0.39 is 0 Å². The number of carbonyl (C=O) groups excluding carboxylic acids is 1. The van der Waals surface area contributed by atoms with Crippen LogP contribution in [0.25, 0.3) is 0 Å². The van der Waals surface area contributed by atoms with Crippen LogP contribution in [0.1, 0.15) is 27.4 Å². The molecule has 2 aliphatic rings. The normalized spacial score (nSPS) is 23.7. The molecule has 4 rings (SSSR count). The molecule has 5 nitrogen and oxygen atoms in total. The fourth-order valence-corrected chi connectivity index (χ4v) is 3.95. The predicted molar refractivity (Wildman–Crippen MR) is 94.5 cm³/mol. The molecule has 2 saturated heterocycles. The van der Waals surface area contributed by atoms with Gasteiger partial charge in [-0.3, -0.25) is 9.69 Å². The van der Waals surface area contributed by atoms with Crippen LogP contribution in [-0.4, -0.2) is 54.1 Å². The van der Waals surface area contributed by atoms with Crippen LogP contribution in [0.4, 0.5) is 0 Å². The SMILES string of the molecule is Cc1cc(C(=O)N2C[C@H]3OCCN(Cc4ccccc4)[C@H]3C2)c(C)o1. The van der Waals surface area contributed by atoms with Crippen molar-refractivity contribution in [2.75, 3.05) is 26.2 Å². The minimum Gasteiger partial charge on any atom is -0.466 e. The molecule has 0 bridgehead atoms. The first kappa shape index (κ1) is 16.4. The minimum atomic E-state index is 0.0482. The van der Waals surface area contributed by atoms with Gasteiger partial charge in [0.1, 0.15) is 11.5 Å². The maximum Gasteiger partial charge on any atom is 0.257 e. The van der Waals surface area contributed by atoms with E-state index in [0.717, 1.165) is 25.5 Å². The maximum atomic E-state index is 12.9. The van der Waals surface area contributed by atoms with Gasteiger partial charge in [0.15, 0.2) is 0 Å². The second-order valence-electron chi connectivity index (χ2n) is 6.97. The summed E-state index contributed by atoms with van der Waals surface area (Å²) in [5, 5.41) is 0. The third-order valence-corrected chi connectivity index (χ3v) is 5.20. The van der Waals surface area contributed by atoms with Crippen LogP contribution < -0.4 is 0 Å². The lowest BCUT2D eigenvalue weighted by molar-refractivity contribution is -0.0503. The van der Waals surface area contributed by atoms with Crippen molar-refractivity contribution in [1.29, 1.82) is 0 Å². The summed E-state index contributed by atoms with van der Waals surface area (Å²) in [5.74, 6) is 1.52. The molecule has 0 radical (unpaired) electrons. The van der Waals surface area contributed by atoms with Gasteiger partial charge in [-0.05, 0) is 25.5 Å². The molecule has 1 amide bonds. The lowest BCUT2D eigenvalue weighted by Crippen LogP contribution is -2.50. The lowest BCUT2D eigenvalue weighted by Gasteiger charge is -2.36. The van der Waals surface area contributed by atoms with Crippen molar-refractivity contribution >= 4 is 5.91 Å². The van der Waals surface area contributed by atoms with Gasteiger partial charge in [-0.1, -0.05) is 30.3 Å². The zero-order valence-electron chi connectivity index (χ0n) is 14.8. The van der Waals surface area contributed by atoms with Crippen molar-refractivity contribution in [1.82, 2.24) is 9.80 Å². The summed E-state index contributed by atoms with van der Waals surface area (Å²) in [6, 6.07) is 12.6. The molecular formula is C20H24N2O3. The first-order valence-corrected chi connectivity index (χ1v) is 8.87. The van der Waals surface area contributed by atoms with Gasteiger partial charge in [0, 0.05) is 26.2 Å². The summed E-state index contributed by atoms with van der Waals surface area (Å²) < 4.78 is 11.5. The summed E-state index contributed by atoms with van der Waals surface area (Å²) in [6.45, 7) is 7.61. The Morgan fingerprint density at radius 2 is 2.00 bits per heavy atom. The van der Waals surface area contributed by atoms with Crippen molar-refractivity contribution in [3.8, 4) is 0 Å². The average Bonchev–Trinajstić information content (AvgIpc) is 3.19. The van der Waals surface area contributed by atoms with E-state index in [2.05, 4.69) is 29.2 Å². The van der Waals surface area contributed by atoms with Gasteiger partial charge in [-0.2, -0.15) is 0 Å². The Labute approximate surface area is 148 Å². The van der Waals surface area contributed by atoms with Gasteiger partial charge in [-0.25, -0.2) is 0 Å². The van der Waals surface area contributed by atoms with Gasteiger partial charge in [0.2, 0.25) is 0 Å². The molecule has 0 unspecified atom stereocenters. The second-order valence-corrected chi connectivity index (χ2v) is 6.97. The van der Waals surface area contributed by atoms with Gasteiger partial charge < -0.3 is 14.1 Å². The van der Waals surface area contributed by atoms with E-state index in [9.17, 15) is 4.79 Å². The van der Waals surface area contributed by atoms with Crippen molar-refractivity contribution in [2.45, 2.75) is 32.5 Å². The first-order chi connectivity index (χ1) is 12.1. The van der Waals surface area contributed by atoms with Gasteiger partial charge in [0.05, 0.1) is 24.3 Å². The summed E-state index contributed by atoms with van der Waals surface area (Å²) >= 11 is 0. The van der Waals surface area contributed by atoms with Crippen molar-refractivity contribution in [3.05, 3.63) is 59.0 Å². The number of likely N-dealkylation sites (tertiary alicyclic amines) is 1. The van der Waals surface area contributed by atoms with Crippen molar-refractivity contribution in [2.24, 2.45) is 0 Å². The Morgan fingerprint density at radius 1 is 1.20 bits per heavy atom. The number of carbonyl (C=O) groups is 1. The molecule has 2 aromatic rings. The quantitative estimate of drug-likeness (QED) is 0.862. The molecule has 2 aliphatic heterocycles. The molecular weight excluding hydrogens is 316 g/mol. The van der Waals surface area contributed by atoms with Crippen LogP contribution in [0.2, 0.25) is 0 Å². The molecule has 2 fully saturated rings. The van der Waals surface area contributed by atoms with Crippen LogP contribution >= 0.6 is 0 Å². The molecule has 1 aromatic heterocycles. The Kier molecular flexibility index (Phi) is 4.36. The Bertz CT molecular complexity index is 756. The zero-order chi connectivity index (χ0) is 17.4. The fourth-order valence-electron chi connectivity index (χ4n) is 3.95. The summed E-state index contributed by atoms with van der Waals surface area (Å²) in [7, 11) is 0. The van der Waals surface area contributed by atoms with Crippen LogP contribution in [0.3, 0.4) is 0 Å². The van der Waals surface area contributed by atoms with E-state index in [4.69, 9.17) is 9.15 Å². The second kappa shape index (κ2) is 6.65. The van der Waals surface area contributed by atoms with E-state index >= 15 is 0 Å². The highest BCUT2D eigenvalue weighted by molar-refractivity contribution is 5.95. The zero-order valence-corrected chi connectivity index (χ0v) is 14.8. The van der Waals surface area contributed by atoms with Gasteiger partial charge >= 0.3 is 0 Å². The monoisotopic (exact) mass is 340 g/mol. The van der Waals surface area contributed by atoms with Crippen LogP contribution in [0, 0.1) is 13.8 Å². The highest BCUT2D eigenvalue weighted by atomic mass is 16.5. The number of furan rings is 1. The molecule has 25 heavy (non-hydrogen) atoms. The molecule has 0 aliphatic carbocycles. The van der Waals surface area contributed by atoms with E-state index in [1.54, 1.807) is 0 Å². The molecule has 5 heteroatoms.